The third-order valence-corrected chi connectivity index (χ3v) is 4.64. The summed E-state index contributed by atoms with van der Waals surface area (Å²) in [6.07, 6.45) is 1.67. The van der Waals surface area contributed by atoms with Crippen LogP contribution in [0.3, 0.4) is 0 Å². The van der Waals surface area contributed by atoms with Gasteiger partial charge in [0.2, 0.25) is 0 Å². The molecular weight excluding hydrogens is 325 g/mol. The number of halogens is 2. The summed E-state index contributed by atoms with van der Waals surface area (Å²) in [7, 11) is 0. The highest BCUT2D eigenvalue weighted by molar-refractivity contribution is 6.36. The van der Waals surface area contributed by atoms with Crippen LogP contribution in [0.25, 0.3) is 11.3 Å². The highest BCUT2D eigenvalue weighted by atomic mass is 35.5. The van der Waals surface area contributed by atoms with Crippen molar-refractivity contribution in [2.75, 3.05) is 6.61 Å². The molecular formula is C15H15Cl2N3O2. The third-order valence-electron chi connectivity index (χ3n) is 4.08. The average molecular weight is 340 g/mol. The number of fused-ring (bicyclic) bond motifs is 3. The maximum Gasteiger partial charge on any atom is 0.360 e. The van der Waals surface area contributed by atoms with Gasteiger partial charge in [-0.2, -0.15) is 5.10 Å². The Morgan fingerprint density at radius 3 is 2.82 bits per heavy atom. The van der Waals surface area contributed by atoms with Gasteiger partial charge in [-0.05, 0) is 25.5 Å². The number of pyridine rings is 1. The summed E-state index contributed by atoms with van der Waals surface area (Å²) in [4.78, 5) is 16.2. The number of hydrogen-bond acceptors (Lipinski definition) is 4. The molecule has 1 aliphatic heterocycles. The SMILES string of the molecule is CCOC(=O)c1nn2c(c1Cl)-c1cnc(Cl)cc1C(C)C2C. The molecule has 2 unspecified atom stereocenters. The Labute approximate surface area is 138 Å². The molecule has 7 heteroatoms. The monoisotopic (exact) mass is 339 g/mol. The molecule has 2 aromatic rings. The van der Waals surface area contributed by atoms with Gasteiger partial charge >= 0.3 is 5.97 Å². The van der Waals surface area contributed by atoms with E-state index in [9.17, 15) is 4.79 Å². The molecule has 5 nitrogen and oxygen atoms in total. The molecule has 0 fully saturated rings. The zero-order valence-electron chi connectivity index (χ0n) is 12.4. The maximum absolute atomic E-state index is 12.0. The number of nitrogens with zero attached hydrogens (tertiary/aromatic N) is 3. The van der Waals surface area contributed by atoms with Gasteiger partial charge in [0.25, 0.3) is 0 Å². The van der Waals surface area contributed by atoms with Gasteiger partial charge in [-0.1, -0.05) is 30.1 Å². The lowest BCUT2D eigenvalue weighted by atomic mass is 9.87. The van der Waals surface area contributed by atoms with E-state index in [1.165, 1.54) is 0 Å². The Morgan fingerprint density at radius 2 is 2.14 bits per heavy atom. The first-order valence-corrected chi connectivity index (χ1v) is 7.82. The first kappa shape index (κ1) is 15.3. The van der Waals surface area contributed by atoms with Crippen LogP contribution in [0.1, 0.15) is 48.8 Å². The first-order valence-electron chi connectivity index (χ1n) is 7.06. The minimum Gasteiger partial charge on any atom is -0.461 e. The molecule has 1 aliphatic rings. The van der Waals surface area contributed by atoms with Gasteiger partial charge in [-0.3, -0.25) is 4.68 Å². The van der Waals surface area contributed by atoms with Gasteiger partial charge < -0.3 is 4.74 Å². The fourth-order valence-corrected chi connectivity index (χ4v) is 3.24. The van der Waals surface area contributed by atoms with Crippen LogP contribution in [0.2, 0.25) is 10.2 Å². The van der Waals surface area contributed by atoms with Gasteiger partial charge in [-0.25, -0.2) is 9.78 Å². The predicted octanol–water partition coefficient (Wildman–Crippen LogP) is 4.11. The number of carbonyl (C=O) groups is 1. The number of carbonyl (C=O) groups excluding carboxylic acids is 1. The highest BCUT2D eigenvalue weighted by Crippen LogP contribution is 2.45. The first-order chi connectivity index (χ1) is 10.5. The second-order valence-electron chi connectivity index (χ2n) is 5.30. The van der Waals surface area contributed by atoms with Crippen molar-refractivity contribution in [3.63, 3.8) is 0 Å². The summed E-state index contributed by atoms with van der Waals surface area (Å²) in [6.45, 7) is 6.14. The van der Waals surface area contributed by atoms with E-state index in [2.05, 4.69) is 17.0 Å². The van der Waals surface area contributed by atoms with E-state index in [4.69, 9.17) is 27.9 Å². The van der Waals surface area contributed by atoms with E-state index in [0.29, 0.717) is 15.9 Å². The minimum absolute atomic E-state index is 0.0432. The Morgan fingerprint density at radius 1 is 1.41 bits per heavy atom. The second-order valence-corrected chi connectivity index (χ2v) is 6.07. The van der Waals surface area contributed by atoms with Crippen LogP contribution in [0.4, 0.5) is 0 Å². The number of ether oxygens (including phenoxy) is 1. The lowest BCUT2D eigenvalue weighted by molar-refractivity contribution is 0.0518. The molecule has 0 aliphatic carbocycles. The van der Waals surface area contributed by atoms with Crippen LogP contribution in [0, 0.1) is 0 Å². The molecule has 0 N–H and O–H groups in total. The van der Waals surface area contributed by atoms with Crippen molar-refractivity contribution >= 4 is 29.2 Å². The van der Waals surface area contributed by atoms with Crippen LogP contribution in [-0.4, -0.2) is 27.3 Å². The lowest BCUT2D eigenvalue weighted by Gasteiger charge is -2.30. The van der Waals surface area contributed by atoms with Crippen molar-refractivity contribution in [2.24, 2.45) is 0 Å². The van der Waals surface area contributed by atoms with Crippen LogP contribution in [0.15, 0.2) is 12.3 Å². The average Bonchev–Trinajstić information content (AvgIpc) is 2.83. The van der Waals surface area contributed by atoms with Crippen molar-refractivity contribution in [3.05, 3.63) is 33.7 Å². The molecule has 0 aromatic carbocycles. The highest BCUT2D eigenvalue weighted by Gasteiger charge is 2.34. The Hall–Kier alpha value is -1.59. The molecule has 0 bridgehead atoms. The molecule has 0 spiro atoms. The Kier molecular flexibility index (Phi) is 3.87. The molecule has 2 atom stereocenters. The summed E-state index contributed by atoms with van der Waals surface area (Å²) in [6, 6.07) is 1.89. The number of aromatic nitrogens is 3. The summed E-state index contributed by atoms with van der Waals surface area (Å²) >= 11 is 12.4. The molecule has 116 valence electrons. The number of esters is 1. The molecule has 22 heavy (non-hydrogen) atoms. The maximum atomic E-state index is 12.0. The van der Waals surface area contributed by atoms with E-state index in [1.54, 1.807) is 17.8 Å². The van der Waals surface area contributed by atoms with Crippen molar-refractivity contribution in [1.82, 2.24) is 14.8 Å². The smallest absolute Gasteiger partial charge is 0.360 e. The van der Waals surface area contributed by atoms with Crippen LogP contribution in [0.5, 0.6) is 0 Å². The largest absolute Gasteiger partial charge is 0.461 e. The Bertz CT molecular complexity index is 757. The molecule has 0 saturated heterocycles. The van der Waals surface area contributed by atoms with Crippen LogP contribution >= 0.6 is 23.2 Å². The minimum atomic E-state index is -0.516. The van der Waals surface area contributed by atoms with Crippen LogP contribution in [-0.2, 0) is 4.74 Å². The van der Waals surface area contributed by atoms with Gasteiger partial charge in [0.1, 0.15) is 10.2 Å². The van der Waals surface area contributed by atoms with Crippen molar-refractivity contribution in [1.29, 1.82) is 0 Å². The van der Waals surface area contributed by atoms with Gasteiger partial charge in [0.05, 0.1) is 18.3 Å². The van der Waals surface area contributed by atoms with E-state index < -0.39 is 5.97 Å². The zero-order valence-corrected chi connectivity index (χ0v) is 13.9. The van der Waals surface area contributed by atoms with E-state index in [1.807, 2.05) is 13.0 Å². The van der Waals surface area contributed by atoms with Gasteiger partial charge in [0, 0.05) is 17.7 Å². The number of hydrogen-bond donors (Lipinski definition) is 0. The molecule has 0 radical (unpaired) electrons. The quantitative estimate of drug-likeness (QED) is 0.610. The van der Waals surface area contributed by atoms with Crippen molar-refractivity contribution < 1.29 is 9.53 Å². The molecule has 3 heterocycles. The molecule has 0 saturated carbocycles. The van der Waals surface area contributed by atoms with Gasteiger partial charge in [-0.15, -0.1) is 0 Å². The summed E-state index contributed by atoms with van der Waals surface area (Å²) < 4.78 is 6.79. The van der Waals surface area contributed by atoms with Crippen molar-refractivity contribution in [3.8, 4) is 11.3 Å². The molecule has 3 rings (SSSR count). The fraction of sp³-hybridized carbons (Fsp3) is 0.400. The summed E-state index contributed by atoms with van der Waals surface area (Å²) in [5.41, 5.74) is 2.73. The van der Waals surface area contributed by atoms with Crippen LogP contribution < -0.4 is 0 Å². The topological polar surface area (TPSA) is 57.0 Å². The second kappa shape index (κ2) is 5.56. The van der Waals surface area contributed by atoms with E-state index in [0.717, 1.165) is 11.1 Å². The summed E-state index contributed by atoms with van der Waals surface area (Å²) in [5.74, 6) is -0.341. The van der Waals surface area contributed by atoms with Gasteiger partial charge in [0.15, 0.2) is 5.69 Å². The molecule has 0 amide bonds. The third kappa shape index (κ3) is 2.20. The van der Waals surface area contributed by atoms with E-state index >= 15 is 0 Å². The zero-order chi connectivity index (χ0) is 16.0. The predicted molar refractivity (Wildman–Crippen MR) is 84.6 cm³/mol. The normalized spacial score (nSPS) is 19.5. The Balaban J connectivity index is 2.23. The number of rotatable bonds is 2. The van der Waals surface area contributed by atoms with Crippen molar-refractivity contribution in [2.45, 2.75) is 32.7 Å². The molecule has 2 aromatic heterocycles. The summed E-state index contributed by atoms with van der Waals surface area (Å²) in [5, 5.41) is 5.10. The van der Waals surface area contributed by atoms with E-state index in [-0.39, 0.29) is 24.3 Å². The fourth-order valence-electron chi connectivity index (χ4n) is 2.77. The standard InChI is InChI=1S/C15H15Cl2N3O2/c1-4-22-15(21)13-12(17)14-10-6-18-11(16)5-9(10)7(2)8(3)20(14)19-13/h5-8H,4H2,1-3H3. The lowest BCUT2D eigenvalue weighted by Crippen LogP contribution is -2.21.